The minimum atomic E-state index is -0.373. The van der Waals surface area contributed by atoms with E-state index in [1.54, 1.807) is 25.2 Å². The Balaban J connectivity index is 1.89. The molecule has 0 fully saturated rings. The van der Waals surface area contributed by atoms with Crippen molar-refractivity contribution in [1.82, 2.24) is 15.2 Å². The molecule has 29 heavy (non-hydrogen) atoms. The Labute approximate surface area is 170 Å². The van der Waals surface area contributed by atoms with E-state index in [1.165, 1.54) is 16.0 Å². The molecule has 152 valence electrons. The van der Waals surface area contributed by atoms with Crippen LogP contribution in [0.5, 0.6) is 0 Å². The highest BCUT2D eigenvalue weighted by atomic mass is 19.1. The molecule has 1 aliphatic rings. The summed E-state index contributed by atoms with van der Waals surface area (Å²) in [4.78, 5) is 26.3. The Morgan fingerprint density at radius 3 is 2.55 bits per heavy atom. The van der Waals surface area contributed by atoms with Gasteiger partial charge in [-0.3, -0.25) is 4.79 Å². The second-order valence-corrected chi connectivity index (χ2v) is 7.09. The number of carbonyl (C=O) groups excluding carboxylic acids is 2. The minimum Gasteiger partial charge on any atom is -0.338 e. The van der Waals surface area contributed by atoms with Crippen LogP contribution >= 0.6 is 0 Å². The van der Waals surface area contributed by atoms with Gasteiger partial charge in [0.05, 0.1) is 11.8 Å². The number of nitrogens with zero attached hydrogens (tertiary/aromatic N) is 3. The molecule has 1 N–H and O–H groups in total. The van der Waals surface area contributed by atoms with Gasteiger partial charge in [-0.25, -0.2) is 14.2 Å². The van der Waals surface area contributed by atoms with E-state index in [-0.39, 0.29) is 30.3 Å². The van der Waals surface area contributed by atoms with Gasteiger partial charge in [0.25, 0.3) is 5.91 Å². The van der Waals surface area contributed by atoms with Crippen molar-refractivity contribution in [2.75, 3.05) is 20.1 Å². The van der Waals surface area contributed by atoms with Crippen molar-refractivity contribution in [3.05, 3.63) is 71.0 Å². The number of amides is 3. The first-order chi connectivity index (χ1) is 13.9. The van der Waals surface area contributed by atoms with Crippen LogP contribution in [0, 0.1) is 12.7 Å². The maximum Gasteiger partial charge on any atom is 0.317 e. The van der Waals surface area contributed by atoms with Crippen LogP contribution in [0.2, 0.25) is 0 Å². The molecule has 7 heteroatoms. The lowest BCUT2D eigenvalue weighted by Gasteiger charge is -2.25. The van der Waals surface area contributed by atoms with Crippen LogP contribution in [0.25, 0.3) is 0 Å². The molecule has 6 nitrogen and oxygen atoms in total. The Bertz CT molecular complexity index is 927. The fourth-order valence-electron chi connectivity index (χ4n) is 3.28. The van der Waals surface area contributed by atoms with Gasteiger partial charge >= 0.3 is 6.03 Å². The van der Waals surface area contributed by atoms with E-state index in [4.69, 9.17) is 0 Å². The van der Waals surface area contributed by atoms with Crippen LogP contribution in [0.1, 0.15) is 36.1 Å². The van der Waals surface area contributed by atoms with Gasteiger partial charge in [-0.05, 0) is 25.5 Å². The van der Waals surface area contributed by atoms with Crippen molar-refractivity contribution in [1.29, 1.82) is 0 Å². The van der Waals surface area contributed by atoms with Gasteiger partial charge in [0.2, 0.25) is 0 Å². The molecule has 3 amide bonds. The van der Waals surface area contributed by atoms with E-state index in [9.17, 15) is 14.0 Å². The molecule has 1 aliphatic heterocycles. The predicted molar refractivity (Wildman–Crippen MR) is 110 cm³/mol. The number of likely N-dealkylation sites (N-methyl/N-ethyl adjacent to an activating group) is 1. The molecule has 2 aromatic rings. The lowest BCUT2D eigenvalue weighted by molar-refractivity contribution is -0.133. The smallest absolute Gasteiger partial charge is 0.317 e. The van der Waals surface area contributed by atoms with Crippen molar-refractivity contribution in [2.45, 2.75) is 26.3 Å². The summed E-state index contributed by atoms with van der Waals surface area (Å²) in [7, 11) is 1.56. The maximum atomic E-state index is 14.3. The first kappa shape index (κ1) is 20.5. The van der Waals surface area contributed by atoms with Gasteiger partial charge in [-0.1, -0.05) is 48.0 Å². The second-order valence-electron chi connectivity index (χ2n) is 7.09. The van der Waals surface area contributed by atoms with Crippen LogP contribution in [0.15, 0.2) is 53.6 Å². The second kappa shape index (κ2) is 8.86. The number of rotatable bonds is 5. The molecule has 2 aromatic carbocycles. The minimum absolute atomic E-state index is 0.123. The predicted octanol–water partition coefficient (Wildman–Crippen LogP) is 3.47. The fourth-order valence-corrected chi connectivity index (χ4v) is 3.28. The van der Waals surface area contributed by atoms with Crippen LogP contribution in [0.4, 0.5) is 9.18 Å². The van der Waals surface area contributed by atoms with E-state index < -0.39 is 0 Å². The molecular formula is C22H25FN4O2. The van der Waals surface area contributed by atoms with E-state index in [2.05, 4.69) is 10.4 Å². The lowest BCUT2D eigenvalue weighted by atomic mass is 9.97. The topological polar surface area (TPSA) is 65.0 Å². The quantitative estimate of drug-likeness (QED) is 0.841. The van der Waals surface area contributed by atoms with Gasteiger partial charge in [-0.2, -0.15) is 5.10 Å². The molecule has 1 atom stereocenters. The zero-order valence-electron chi connectivity index (χ0n) is 16.9. The molecule has 0 bridgehead atoms. The molecule has 0 radical (unpaired) electrons. The number of hydrazone groups is 1. The van der Waals surface area contributed by atoms with Crippen LogP contribution in [-0.2, 0) is 4.79 Å². The summed E-state index contributed by atoms with van der Waals surface area (Å²) in [5.74, 6) is -0.696. The summed E-state index contributed by atoms with van der Waals surface area (Å²) in [5, 5.41) is 8.50. The van der Waals surface area contributed by atoms with Crippen LogP contribution < -0.4 is 5.32 Å². The molecule has 0 spiro atoms. The largest absolute Gasteiger partial charge is 0.338 e. The molecule has 3 rings (SSSR count). The maximum absolute atomic E-state index is 14.3. The average Bonchev–Trinajstić information content (AvgIpc) is 3.14. The van der Waals surface area contributed by atoms with Crippen LogP contribution in [0.3, 0.4) is 0 Å². The molecule has 0 aliphatic carbocycles. The third-order valence-corrected chi connectivity index (χ3v) is 4.86. The number of benzene rings is 2. The monoisotopic (exact) mass is 396 g/mol. The number of halogens is 1. The summed E-state index contributed by atoms with van der Waals surface area (Å²) < 4.78 is 14.3. The van der Waals surface area contributed by atoms with E-state index in [0.717, 1.165) is 11.1 Å². The molecule has 0 saturated heterocycles. The van der Waals surface area contributed by atoms with E-state index in [1.807, 2.05) is 38.1 Å². The summed E-state index contributed by atoms with van der Waals surface area (Å²) in [6.07, 6.45) is 0.403. The van der Waals surface area contributed by atoms with Crippen LogP contribution in [-0.4, -0.2) is 47.7 Å². The summed E-state index contributed by atoms with van der Waals surface area (Å²) in [6, 6.07) is 13.6. The normalized spacial score (nSPS) is 15.8. The van der Waals surface area contributed by atoms with Crippen molar-refractivity contribution in [3.63, 3.8) is 0 Å². The SMILES string of the molecule is CCNC(=O)N(C)CC(=O)N1N=C(c2ccccc2F)CC1c1ccc(C)cc1. The van der Waals surface area contributed by atoms with Gasteiger partial charge in [0.1, 0.15) is 12.4 Å². The number of hydrogen-bond donors (Lipinski definition) is 1. The highest BCUT2D eigenvalue weighted by molar-refractivity contribution is 6.03. The first-order valence-electron chi connectivity index (χ1n) is 9.60. The Hall–Kier alpha value is -3.22. The van der Waals surface area contributed by atoms with Gasteiger partial charge in [-0.15, -0.1) is 0 Å². The number of aryl methyl sites for hydroxylation is 1. The van der Waals surface area contributed by atoms with Crippen molar-refractivity contribution < 1.29 is 14.0 Å². The zero-order valence-corrected chi connectivity index (χ0v) is 16.9. The summed E-state index contributed by atoms with van der Waals surface area (Å²) in [5.41, 5.74) is 2.93. The molecule has 1 heterocycles. The average molecular weight is 396 g/mol. The van der Waals surface area contributed by atoms with Crippen molar-refractivity contribution in [2.24, 2.45) is 5.10 Å². The molecule has 1 unspecified atom stereocenters. The van der Waals surface area contributed by atoms with Crippen molar-refractivity contribution in [3.8, 4) is 0 Å². The van der Waals surface area contributed by atoms with E-state index in [0.29, 0.717) is 24.2 Å². The molecular weight excluding hydrogens is 371 g/mol. The Kier molecular flexibility index (Phi) is 6.26. The third kappa shape index (κ3) is 4.62. The number of urea groups is 1. The lowest BCUT2D eigenvalue weighted by Crippen LogP contribution is -2.43. The standard InChI is InChI=1S/C22H25FN4O2/c1-4-24-22(29)26(3)14-21(28)27-20(16-11-9-15(2)10-12-16)13-19(25-27)17-7-5-6-8-18(17)23/h5-12,20H,4,13-14H2,1-3H3,(H,24,29). The van der Waals surface area contributed by atoms with Gasteiger partial charge < -0.3 is 10.2 Å². The summed E-state index contributed by atoms with van der Waals surface area (Å²) in [6.45, 7) is 4.15. The molecule has 0 aromatic heterocycles. The summed E-state index contributed by atoms with van der Waals surface area (Å²) >= 11 is 0. The Morgan fingerprint density at radius 1 is 1.21 bits per heavy atom. The number of carbonyl (C=O) groups is 2. The molecule has 0 saturated carbocycles. The number of hydrogen-bond acceptors (Lipinski definition) is 3. The number of nitrogens with one attached hydrogen (secondary N) is 1. The third-order valence-electron chi connectivity index (χ3n) is 4.86. The Morgan fingerprint density at radius 2 is 1.90 bits per heavy atom. The zero-order chi connectivity index (χ0) is 21.0. The van der Waals surface area contributed by atoms with E-state index >= 15 is 0 Å². The van der Waals surface area contributed by atoms with Crippen molar-refractivity contribution >= 4 is 17.6 Å². The van der Waals surface area contributed by atoms with Gasteiger partial charge in [0.15, 0.2) is 0 Å². The first-order valence-corrected chi connectivity index (χ1v) is 9.60. The van der Waals surface area contributed by atoms with Gasteiger partial charge in [0, 0.05) is 25.6 Å². The fraction of sp³-hybridized carbons (Fsp3) is 0.318. The highest BCUT2D eigenvalue weighted by Crippen LogP contribution is 2.33. The highest BCUT2D eigenvalue weighted by Gasteiger charge is 2.34.